The Balaban J connectivity index is 1.92. The molecule has 2 rings (SSSR count). The molecule has 1 saturated heterocycles. The van der Waals surface area contributed by atoms with Crippen molar-refractivity contribution in [3.63, 3.8) is 0 Å². The first kappa shape index (κ1) is 11.4. The van der Waals surface area contributed by atoms with Gasteiger partial charge in [-0.25, -0.2) is 9.97 Å². The molecule has 5 heteroatoms. The molecule has 3 nitrogen and oxygen atoms in total. The number of ether oxygens (including phenoxy) is 1. The summed E-state index contributed by atoms with van der Waals surface area (Å²) in [5.74, 6) is 1.79. The van der Waals surface area contributed by atoms with Crippen molar-refractivity contribution in [1.82, 2.24) is 9.97 Å². The summed E-state index contributed by atoms with van der Waals surface area (Å²) >= 11 is 5.11. The highest BCUT2D eigenvalue weighted by Crippen LogP contribution is 2.23. The Morgan fingerprint density at radius 2 is 2.47 bits per heavy atom. The van der Waals surface area contributed by atoms with E-state index in [0.717, 1.165) is 27.8 Å². The highest BCUT2D eigenvalue weighted by molar-refractivity contribution is 9.10. The lowest BCUT2D eigenvalue weighted by atomic mass is 10.3. The van der Waals surface area contributed by atoms with Gasteiger partial charge >= 0.3 is 0 Å². The molecule has 1 fully saturated rings. The fraction of sp³-hybridized carbons (Fsp3) is 0.600. The van der Waals surface area contributed by atoms with E-state index in [2.05, 4.69) is 25.9 Å². The van der Waals surface area contributed by atoms with Crippen molar-refractivity contribution in [2.45, 2.75) is 30.9 Å². The third-order valence-corrected chi connectivity index (χ3v) is 3.67. The Labute approximate surface area is 102 Å². The molecule has 1 aliphatic heterocycles. The van der Waals surface area contributed by atoms with Gasteiger partial charge in [0.2, 0.25) is 0 Å². The number of hydrogen-bond acceptors (Lipinski definition) is 4. The van der Waals surface area contributed by atoms with Gasteiger partial charge in [-0.05, 0) is 35.7 Å². The van der Waals surface area contributed by atoms with Crippen LogP contribution in [0, 0.1) is 6.92 Å². The quantitative estimate of drug-likeness (QED) is 0.633. The van der Waals surface area contributed by atoms with Crippen LogP contribution in [0.25, 0.3) is 0 Å². The van der Waals surface area contributed by atoms with E-state index >= 15 is 0 Å². The summed E-state index contributed by atoms with van der Waals surface area (Å²) in [7, 11) is 0. The van der Waals surface area contributed by atoms with Gasteiger partial charge in [0.25, 0.3) is 0 Å². The summed E-state index contributed by atoms with van der Waals surface area (Å²) in [5.41, 5.74) is 0. The number of aryl methyl sites for hydroxylation is 1. The maximum absolute atomic E-state index is 5.56. The van der Waals surface area contributed by atoms with Crippen molar-refractivity contribution in [2.75, 3.05) is 12.4 Å². The van der Waals surface area contributed by atoms with E-state index in [9.17, 15) is 0 Å². The van der Waals surface area contributed by atoms with E-state index in [1.807, 2.05) is 13.0 Å². The van der Waals surface area contributed by atoms with Gasteiger partial charge in [0, 0.05) is 18.4 Å². The van der Waals surface area contributed by atoms with Gasteiger partial charge in [0.15, 0.2) is 0 Å². The topological polar surface area (TPSA) is 35.0 Å². The molecule has 1 unspecified atom stereocenters. The predicted octanol–water partition coefficient (Wildman–Crippen LogP) is 2.82. The second-order valence-corrected chi connectivity index (χ2v) is 5.37. The molecule has 0 aliphatic carbocycles. The van der Waals surface area contributed by atoms with Gasteiger partial charge in [0.1, 0.15) is 15.5 Å². The summed E-state index contributed by atoms with van der Waals surface area (Å²) in [5, 5.41) is 1.02. The lowest BCUT2D eigenvalue weighted by Gasteiger charge is -2.08. The van der Waals surface area contributed by atoms with Gasteiger partial charge in [-0.15, -0.1) is 11.8 Å². The molecule has 1 aromatic heterocycles. The minimum absolute atomic E-state index is 0.407. The van der Waals surface area contributed by atoms with Gasteiger partial charge < -0.3 is 4.74 Å². The molecular formula is C10H13BrN2OS. The fourth-order valence-corrected chi connectivity index (χ4v) is 3.17. The largest absolute Gasteiger partial charge is 0.377 e. The minimum atomic E-state index is 0.407. The van der Waals surface area contributed by atoms with Gasteiger partial charge in [-0.2, -0.15) is 0 Å². The van der Waals surface area contributed by atoms with Crippen LogP contribution in [0.5, 0.6) is 0 Å². The Kier molecular flexibility index (Phi) is 3.99. The Bertz CT molecular complexity index is 322. The number of thioether (sulfide) groups is 1. The Morgan fingerprint density at radius 1 is 1.60 bits per heavy atom. The summed E-state index contributed by atoms with van der Waals surface area (Å²) in [6, 6.07) is 1.95. The van der Waals surface area contributed by atoms with E-state index in [1.165, 1.54) is 12.8 Å². The number of rotatable bonds is 3. The first-order valence-electron chi connectivity index (χ1n) is 4.99. The molecule has 1 atom stereocenters. The van der Waals surface area contributed by atoms with E-state index < -0.39 is 0 Å². The van der Waals surface area contributed by atoms with Crippen LogP contribution in [0.4, 0.5) is 0 Å². The molecule has 0 amide bonds. The summed E-state index contributed by atoms with van der Waals surface area (Å²) in [4.78, 5) is 8.54. The monoisotopic (exact) mass is 288 g/mol. The molecule has 2 heterocycles. The van der Waals surface area contributed by atoms with Crippen molar-refractivity contribution in [3.8, 4) is 0 Å². The van der Waals surface area contributed by atoms with Gasteiger partial charge in [-0.1, -0.05) is 0 Å². The number of nitrogens with zero attached hydrogens (tertiary/aromatic N) is 2. The first-order valence-corrected chi connectivity index (χ1v) is 6.77. The second-order valence-electron chi connectivity index (χ2n) is 3.52. The summed E-state index contributed by atoms with van der Waals surface area (Å²) in [6.45, 7) is 2.82. The van der Waals surface area contributed by atoms with Crippen LogP contribution in [-0.2, 0) is 4.74 Å². The van der Waals surface area contributed by atoms with E-state index in [0.29, 0.717) is 6.10 Å². The van der Waals surface area contributed by atoms with E-state index in [4.69, 9.17) is 4.74 Å². The zero-order valence-corrected chi connectivity index (χ0v) is 11.0. The zero-order chi connectivity index (χ0) is 10.7. The average molecular weight is 289 g/mol. The van der Waals surface area contributed by atoms with E-state index in [1.54, 1.807) is 11.8 Å². The molecular weight excluding hydrogens is 276 g/mol. The van der Waals surface area contributed by atoms with Crippen LogP contribution < -0.4 is 0 Å². The van der Waals surface area contributed by atoms with Crippen LogP contribution in [0.1, 0.15) is 18.7 Å². The molecule has 82 valence electrons. The van der Waals surface area contributed by atoms with Crippen LogP contribution in [-0.4, -0.2) is 28.4 Å². The maximum atomic E-state index is 5.56. The third kappa shape index (κ3) is 3.43. The van der Waals surface area contributed by atoms with Crippen molar-refractivity contribution < 1.29 is 4.74 Å². The summed E-state index contributed by atoms with van der Waals surface area (Å²) in [6.07, 6.45) is 2.78. The van der Waals surface area contributed by atoms with Crippen molar-refractivity contribution in [3.05, 3.63) is 16.5 Å². The standard InChI is InChI=1S/C10H13BrN2OS/c1-7-12-9(11)5-10(13-7)15-6-8-3-2-4-14-8/h5,8H,2-4,6H2,1H3. The number of aromatic nitrogens is 2. The lowest BCUT2D eigenvalue weighted by molar-refractivity contribution is 0.129. The van der Waals surface area contributed by atoms with Crippen LogP contribution in [0.3, 0.4) is 0 Å². The van der Waals surface area contributed by atoms with Crippen LogP contribution in [0.15, 0.2) is 15.7 Å². The molecule has 0 radical (unpaired) electrons. The minimum Gasteiger partial charge on any atom is -0.377 e. The van der Waals surface area contributed by atoms with Gasteiger partial charge in [-0.3, -0.25) is 0 Å². The number of halogens is 1. The Hall–Kier alpha value is -0.130. The number of hydrogen-bond donors (Lipinski definition) is 0. The van der Waals surface area contributed by atoms with Gasteiger partial charge in [0.05, 0.1) is 6.10 Å². The first-order chi connectivity index (χ1) is 7.24. The molecule has 0 bridgehead atoms. The maximum Gasteiger partial charge on any atom is 0.127 e. The van der Waals surface area contributed by atoms with Crippen LogP contribution in [0.2, 0.25) is 0 Å². The SMILES string of the molecule is Cc1nc(Br)cc(SCC2CCCO2)n1. The molecule has 0 spiro atoms. The van der Waals surface area contributed by atoms with Crippen molar-refractivity contribution in [2.24, 2.45) is 0 Å². The lowest BCUT2D eigenvalue weighted by Crippen LogP contribution is -2.08. The smallest absolute Gasteiger partial charge is 0.127 e. The average Bonchev–Trinajstić information content (AvgIpc) is 2.65. The third-order valence-electron chi connectivity index (χ3n) is 2.22. The fourth-order valence-electron chi connectivity index (χ4n) is 1.53. The second kappa shape index (κ2) is 5.27. The van der Waals surface area contributed by atoms with Crippen molar-refractivity contribution in [1.29, 1.82) is 0 Å². The molecule has 0 aromatic carbocycles. The molecule has 15 heavy (non-hydrogen) atoms. The highest BCUT2D eigenvalue weighted by atomic mass is 79.9. The normalized spacial score (nSPS) is 20.8. The predicted molar refractivity (Wildman–Crippen MR) is 64.2 cm³/mol. The molecule has 0 N–H and O–H groups in total. The molecule has 1 aromatic rings. The van der Waals surface area contributed by atoms with E-state index in [-0.39, 0.29) is 0 Å². The molecule has 1 aliphatic rings. The summed E-state index contributed by atoms with van der Waals surface area (Å²) < 4.78 is 6.41. The zero-order valence-electron chi connectivity index (χ0n) is 8.57. The Morgan fingerprint density at radius 3 is 3.13 bits per heavy atom. The van der Waals surface area contributed by atoms with Crippen molar-refractivity contribution >= 4 is 27.7 Å². The molecule has 0 saturated carbocycles. The van der Waals surface area contributed by atoms with Crippen LogP contribution >= 0.6 is 27.7 Å². The highest BCUT2D eigenvalue weighted by Gasteiger charge is 2.15.